The first-order chi connectivity index (χ1) is 11.2. The average molecular weight is 321 g/mol. The molecule has 1 saturated heterocycles. The van der Waals surface area contributed by atoms with Gasteiger partial charge in [0.25, 0.3) is 0 Å². The summed E-state index contributed by atoms with van der Waals surface area (Å²) in [6.07, 6.45) is 6.48. The minimum atomic E-state index is -0.282. The second-order valence-electron chi connectivity index (χ2n) is 6.37. The number of hydrogen-bond donors (Lipinski definition) is 1. The Kier molecular flexibility index (Phi) is 5.62. The number of carbonyl (C=O) groups excluding carboxylic acids is 1. The first-order valence-corrected chi connectivity index (χ1v) is 8.50. The highest BCUT2D eigenvalue weighted by Crippen LogP contribution is 2.27. The lowest BCUT2D eigenvalue weighted by Gasteiger charge is -2.25. The Bertz CT molecular complexity index is 508. The van der Waals surface area contributed by atoms with E-state index in [2.05, 4.69) is 5.32 Å². The molecule has 5 heteroatoms. The molecule has 2 fully saturated rings. The fourth-order valence-electron chi connectivity index (χ4n) is 3.39. The van der Waals surface area contributed by atoms with Crippen LogP contribution in [-0.4, -0.2) is 31.3 Å². The van der Waals surface area contributed by atoms with Gasteiger partial charge in [-0.3, -0.25) is 4.79 Å². The van der Waals surface area contributed by atoms with Crippen molar-refractivity contribution in [2.45, 2.75) is 56.8 Å². The van der Waals surface area contributed by atoms with E-state index in [4.69, 9.17) is 9.47 Å². The third kappa shape index (κ3) is 4.52. The Morgan fingerprint density at radius 3 is 2.61 bits per heavy atom. The predicted molar refractivity (Wildman–Crippen MR) is 84.5 cm³/mol. The van der Waals surface area contributed by atoms with Crippen LogP contribution in [0.15, 0.2) is 24.3 Å². The molecule has 23 heavy (non-hydrogen) atoms. The van der Waals surface area contributed by atoms with Crippen molar-refractivity contribution in [2.75, 3.05) is 13.2 Å². The monoisotopic (exact) mass is 321 g/mol. The summed E-state index contributed by atoms with van der Waals surface area (Å²) in [6, 6.07) is 5.99. The Labute approximate surface area is 136 Å². The fourth-order valence-corrected chi connectivity index (χ4v) is 3.39. The summed E-state index contributed by atoms with van der Waals surface area (Å²) in [5.74, 6) is -0.419. The van der Waals surface area contributed by atoms with Crippen LogP contribution in [0.25, 0.3) is 0 Å². The smallest absolute Gasteiger partial charge is 0.246 e. The minimum Gasteiger partial charge on any atom is -0.376 e. The summed E-state index contributed by atoms with van der Waals surface area (Å²) in [6.45, 7) is 0.784. The zero-order chi connectivity index (χ0) is 16.1. The fraction of sp³-hybridized carbons (Fsp3) is 0.611. The van der Waals surface area contributed by atoms with Gasteiger partial charge in [0.15, 0.2) is 0 Å². The molecule has 1 heterocycles. The van der Waals surface area contributed by atoms with Crippen molar-refractivity contribution < 1.29 is 18.7 Å². The second-order valence-corrected chi connectivity index (χ2v) is 6.37. The molecule has 1 aliphatic carbocycles. The Hall–Kier alpha value is -1.46. The van der Waals surface area contributed by atoms with Crippen LogP contribution in [0.2, 0.25) is 0 Å². The van der Waals surface area contributed by atoms with Crippen LogP contribution in [0.5, 0.6) is 0 Å². The normalized spacial score (nSPS) is 23.1. The lowest BCUT2D eigenvalue weighted by molar-refractivity contribution is -0.129. The van der Waals surface area contributed by atoms with Gasteiger partial charge in [-0.05, 0) is 43.4 Å². The van der Waals surface area contributed by atoms with Crippen LogP contribution < -0.4 is 5.32 Å². The van der Waals surface area contributed by atoms with E-state index in [-0.39, 0.29) is 36.6 Å². The van der Waals surface area contributed by atoms with E-state index >= 15 is 0 Å². The molecule has 1 aliphatic heterocycles. The van der Waals surface area contributed by atoms with E-state index in [0.717, 1.165) is 31.2 Å². The van der Waals surface area contributed by atoms with Gasteiger partial charge in [0, 0.05) is 6.61 Å². The van der Waals surface area contributed by atoms with Gasteiger partial charge < -0.3 is 14.8 Å². The maximum Gasteiger partial charge on any atom is 0.246 e. The molecule has 0 aromatic heterocycles. The molecule has 126 valence electrons. The summed E-state index contributed by atoms with van der Waals surface area (Å²) in [5.41, 5.74) is 0.868. The molecule has 1 N–H and O–H groups in total. The van der Waals surface area contributed by atoms with Crippen molar-refractivity contribution in [3.05, 3.63) is 35.6 Å². The van der Waals surface area contributed by atoms with Gasteiger partial charge in [0.1, 0.15) is 12.4 Å². The second kappa shape index (κ2) is 7.88. The molecule has 1 aromatic rings. The average Bonchev–Trinajstić information content (AvgIpc) is 3.25. The summed E-state index contributed by atoms with van der Waals surface area (Å²) in [4.78, 5) is 12.2. The van der Waals surface area contributed by atoms with E-state index in [1.165, 1.54) is 25.0 Å². The van der Waals surface area contributed by atoms with Crippen LogP contribution >= 0.6 is 0 Å². The number of amides is 1. The first-order valence-electron chi connectivity index (χ1n) is 8.50. The SMILES string of the molecule is O=C(COC1CCCC1)N[C@H](c1ccc(F)cc1)[C@@H]1CCCO1. The maximum atomic E-state index is 13.1. The van der Waals surface area contributed by atoms with Gasteiger partial charge in [-0.15, -0.1) is 0 Å². The van der Waals surface area contributed by atoms with E-state index in [1.54, 1.807) is 12.1 Å². The summed E-state index contributed by atoms with van der Waals surface area (Å²) in [5, 5.41) is 3.01. The lowest BCUT2D eigenvalue weighted by atomic mass is 9.99. The summed E-state index contributed by atoms with van der Waals surface area (Å²) < 4.78 is 24.5. The van der Waals surface area contributed by atoms with Crippen molar-refractivity contribution in [1.29, 1.82) is 0 Å². The molecule has 1 amide bonds. The van der Waals surface area contributed by atoms with Gasteiger partial charge >= 0.3 is 0 Å². The third-order valence-corrected chi connectivity index (χ3v) is 4.63. The molecule has 3 rings (SSSR count). The number of carbonyl (C=O) groups is 1. The highest BCUT2D eigenvalue weighted by molar-refractivity contribution is 5.77. The molecule has 0 bridgehead atoms. The highest BCUT2D eigenvalue weighted by Gasteiger charge is 2.29. The molecule has 2 atom stereocenters. The molecule has 1 saturated carbocycles. The number of benzene rings is 1. The first kappa shape index (κ1) is 16.4. The Balaban J connectivity index is 1.60. The van der Waals surface area contributed by atoms with E-state index in [0.29, 0.717) is 6.61 Å². The molecular formula is C18H24FNO3. The number of nitrogens with one attached hydrogen (secondary N) is 1. The zero-order valence-corrected chi connectivity index (χ0v) is 13.3. The van der Waals surface area contributed by atoms with Gasteiger partial charge in [-0.2, -0.15) is 0 Å². The van der Waals surface area contributed by atoms with Gasteiger partial charge in [0.05, 0.1) is 18.2 Å². The van der Waals surface area contributed by atoms with Crippen LogP contribution in [0.3, 0.4) is 0 Å². The van der Waals surface area contributed by atoms with Crippen LogP contribution in [0.4, 0.5) is 4.39 Å². The topological polar surface area (TPSA) is 47.6 Å². The van der Waals surface area contributed by atoms with Gasteiger partial charge in [0.2, 0.25) is 5.91 Å². The largest absolute Gasteiger partial charge is 0.376 e. The van der Waals surface area contributed by atoms with Crippen molar-refractivity contribution >= 4 is 5.91 Å². The Morgan fingerprint density at radius 1 is 1.22 bits per heavy atom. The van der Waals surface area contributed by atoms with Crippen LogP contribution in [0.1, 0.15) is 50.1 Å². The summed E-state index contributed by atoms with van der Waals surface area (Å²) >= 11 is 0. The molecule has 0 radical (unpaired) electrons. The van der Waals surface area contributed by atoms with Crippen molar-refractivity contribution in [3.63, 3.8) is 0 Å². The van der Waals surface area contributed by atoms with Crippen LogP contribution in [-0.2, 0) is 14.3 Å². The maximum absolute atomic E-state index is 13.1. The number of rotatable bonds is 6. The van der Waals surface area contributed by atoms with E-state index < -0.39 is 0 Å². The lowest BCUT2D eigenvalue weighted by Crippen LogP contribution is -2.38. The third-order valence-electron chi connectivity index (χ3n) is 4.63. The van der Waals surface area contributed by atoms with Crippen molar-refractivity contribution in [2.24, 2.45) is 0 Å². The molecule has 2 aliphatic rings. The molecular weight excluding hydrogens is 297 g/mol. The Morgan fingerprint density at radius 2 is 1.96 bits per heavy atom. The van der Waals surface area contributed by atoms with Gasteiger partial charge in [-0.1, -0.05) is 25.0 Å². The van der Waals surface area contributed by atoms with E-state index in [9.17, 15) is 9.18 Å². The van der Waals surface area contributed by atoms with Crippen molar-refractivity contribution in [1.82, 2.24) is 5.32 Å². The van der Waals surface area contributed by atoms with Crippen molar-refractivity contribution in [3.8, 4) is 0 Å². The quantitative estimate of drug-likeness (QED) is 0.876. The number of halogens is 1. The minimum absolute atomic E-state index is 0.0594. The summed E-state index contributed by atoms with van der Waals surface area (Å²) in [7, 11) is 0. The predicted octanol–water partition coefficient (Wildman–Crippen LogP) is 3.12. The highest BCUT2D eigenvalue weighted by atomic mass is 19.1. The molecule has 0 spiro atoms. The standard InChI is InChI=1S/C18H24FNO3/c19-14-9-7-13(8-10-14)18(16-6-3-11-22-16)20-17(21)12-23-15-4-1-2-5-15/h7-10,15-16,18H,1-6,11-12H2,(H,20,21)/t16-,18+/m0/s1. The van der Waals surface area contributed by atoms with E-state index in [1.807, 2.05) is 0 Å². The van der Waals surface area contributed by atoms with Gasteiger partial charge in [-0.25, -0.2) is 4.39 Å². The molecule has 0 unspecified atom stereocenters. The molecule has 4 nitrogen and oxygen atoms in total. The zero-order valence-electron chi connectivity index (χ0n) is 13.3. The number of hydrogen-bond acceptors (Lipinski definition) is 3. The molecule has 1 aromatic carbocycles. The number of ether oxygens (including phenoxy) is 2. The van der Waals surface area contributed by atoms with Crippen LogP contribution in [0, 0.1) is 5.82 Å².